The third-order valence-corrected chi connectivity index (χ3v) is 5.09. The molecular weight excluding hydrogens is 320 g/mol. The summed E-state index contributed by atoms with van der Waals surface area (Å²) in [5, 5.41) is 0. The minimum atomic E-state index is -0.266. The van der Waals surface area contributed by atoms with Crippen LogP contribution in [0.25, 0.3) is 6.08 Å². The molecule has 0 saturated heterocycles. The van der Waals surface area contributed by atoms with Gasteiger partial charge in [-0.3, -0.25) is 0 Å². The Kier molecular flexibility index (Phi) is 7.90. The van der Waals surface area contributed by atoms with E-state index in [9.17, 15) is 4.79 Å². The molecule has 0 aliphatic heterocycles. The maximum Gasteiger partial charge on any atom is 0.331 e. The molecule has 26 heavy (non-hydrogen) atoms. The Morgan fingerprint density at radius 2 is 1.85 bits per heavy atom. The van der Waals surface area contributed by atoms with Crippen molar-refractivity contribution in [2.45, 2.75) is 59.5 Å². The summed E-state index contributed by atoms with van der Waals surface area (Å²) in [6.07, 6.45) is 11.9. The zero-order valence-electron chi connectivity index (χ0n) is 16.6. The number of hydrogen-bond donors (Lipinski definition) is 0. The van der Waals surface area contributed by atoms with E-state index < -0.39 is 0 Å². The first kappa shape index (κ1) is 20.2. The van der Waals surface area contributed by atoms with Crippen LogP contribution in [0.2, 0.25) is 0 Å². The molecular formula is C24H32O2. The van der Waals surface area contributed by atoms with Gasteiger partial charge in [0.05, 0.1) is 0 Å². The number of hydrogen-bond acceptors (Lipinski definition) is 2. The van der Waals surface area contributed by atoms with Gasteiger partial charge in [-0.05, 0) is 63.2 Å². The van der Waals surface area contributed by atoms with Crippen LogP contribution in [0.1, 0.15) is 58.9 Å². The van der Waals surface area contributed by atoms with Gasteiger partial charge in [-0.2, -0.15) is 0 Å². The van der Waals surface area contributed by atoms with Crippen LogP contribution in [0.5, 0.6) is 0 Å². The molecule has 0 saturated carbocycles. The normalized spacial score (nSPS) is 26.0. The molecule has 1 aliphatic rings. The average Bonchev–Trinajstić information content (AvgIpc) is 2.60. The van der Waals surface area contributed by atoms with E-state index in [1.54, 1.807) is 6.08 Å². The van der Waals surface area contributed by atoms with E-state index >= 15 is 0 Å². The summed E-state index contributed by atoms with van der Waals surface area (Å²) in [7, 11) is 0. The molecule has 0 heterocycles. The highest BCUT2D eigenvalue weighted by molar-refractivity contribution is 5.87. The second-order valence-corrected chi connectivity index (χ2v) is 7.69. The number of carbonyl (C=O) groups excluding carboxylic acids is 1. The van der Waals surface area contributed by atoms with Crippen LogP contribution >= 0.6 is 0 Å². The molecule has 1 aliphatic carbocycles. The molecule has 1 aromatic rings. The lowest BCUT2D eigenvalue weighted by molar-refractivity contribution is -0.143. The van der Waals surface area contributed by atoms with Gasteiger partial charge in [0.25, 0.3) is 0 Å². The molecule has 0 unspecified atom stereocenters. The maximum absolute atomic E-state index is 12.4. The lowest BCUT2D eigenvalue weighted by Crippen LogP contribution is -2.29. The van der Waals surface area contributed by atoms with E-state index in [0.29, 0.717) is 11.8 Å². The predicted molar refractivity (Wildman–Crippen MR) is 110 cm³/mol. The maximum atomic E-state index is 12.4. The molecule has 0 spiro atoms. The van der Waals surface area contributed by atoms with Crippen molar-refractivity contribution in [3.05, 3.63) is 65.3 Å². The van der Waals surface area contributed by atoms with Crippen molar-refractivity contribution in [1.29, 1.82) is 0 Å². The molecule has 2 nitrogen and oxygen atoms in total. The number of ether oxygens (including phenoxy) is 1. The SMILES string of the molecule is C/C1=C\[C@H](OC(=O)/C=C/c2ccccc2)[C@H](C(C)C)CC/C(C)=C/CC1. The van der Waals surface area contributed by atoms with Gasteiger partial charge in [0.1, 0.15) is 6.10 Å². The standard InChI is InChI=1S/C24H32O2/c1-18(2)22-15-13-19(3)9-8-10-20(4)17-23(22)26-24(25)16-14-21-11-6-5-7-12-21/h5-7,9,11-12,14,16-18,22-23H,8,10,13,15H2,1-4H3/b16-14+,19-9+,20-17+/t22-,23-/m0/s1. The van der Waals surface area contributed by atoms with Crippen LogP contribution in [-0.2, 0) is 9.53 Å². The summed E-state index contributed by atoms with van der Waals surface area (Å²) in [4.78, 5) is 12.4. The van der Waals surface area contributed by atoms with E-state index in [1.165, 1.54) is 11.1 Å². The molecule has 2 heteroatoms. The monoisotopic (exact) mass is 352 g/mol. The Bertz CT molecular complexity index is 665. The van der Waals surface area contributed by atoms with Gasteiger partial charge in [-0.25, -0.2) is 4.79 Å². The van der Waals surface area contributed by atoms with Gasteiger partial charge in [0.15, 0.2) is 0 Å². The molecule has 1 aromatic carbocycles. The fourth-order valence-corrected chi connectivity index (χ4v) is 3.43. The van der Waals surface area contributed by atoms with Crippen molar-refractivity contribution in [2.24, 2.45) is 11.8 Å². The van der Waals surface area contributed by atoms with Gasteiger partial charge >= 0.3 is 5.97 Å². The Labute approximate surface area is 158 Å². The van der Waals surface area contributed by atoms with Crippen molar-refractivity contribution >= 4 is 12.0 Å². The van der Waals surface area contributed by atoms with Gasteiger partial charge in [0, 0.05) is 12.0 Å². The summed E-state index contributed by atoms with van der Waals surface area (Å²) in [6.45, 7) is 8.79. The Balaban J connectivity index is 2.14. The van der Waals surface area contributed by atoms with Crippen LogP contribution in [0.15, 0.2) is 59.7 Å². The minimum absolute atomic E-state index is 0.158. The second kappa shape index (κ2) is 10.2. The van der Waals surface area contributed by atoms with Gasteiger partial charge < -0.3 is 4.74 Å². The van der Waals surface area contributed by atoms with E-state index in [0.717, 1.165) is 31.2 Å². The molecule has 140 valence electrons. The molecule has 0 N–H and O–H groups in total. The fraction of sp³-hybridized carbons (Fsp3) is 0.458. The second-order valence-electron chi connectivity index (χ2n) is 7.69. The van der Waals surface area contributed by atoms with Crippen molar-refractivity contribution in [3.63, 3.8) is 0 Å². The van der Waals surface area contributed by atoms with Gasteiger partial charge in [-0.1, -0.05) is 61.4 Å². The van der Waals surface area contributed by atoms with Crippen molar-refractivity contribution in [1.82, 2.24) is 0 Å². The van der Waals surface area contributed by atoms with E-state index in [4.69, 9.17) is 4.74 Å². The van der Waals surface area contributed by atoms with E-state index in [2.05, 4.69) is 39.8 Å². The molecule has 0 fully saturated rings. The highest BCUT2D eigenvalue weighted by atomic mass is 16.5. The molecule has 2 rings (SSSR count). The first-order chi connectivity index (χ1) is 12.5. The third-order valence-electron chi connectivity index (χ3n) is 5.09. The van der Waals surface area contributed by atoms with Crippen LogP contribution in [0, 0.1) is 11.8 Å². The smallest absolute Gasteiger partial charge is 0.331 e. The summed E-state index contributed by atoms with van der Waals surface area (Å²) < 4.78 is 5.90. The fourth-order valence-electron chi connectivity index (χ4n) is 3.43. The molecule has 0 radical (unpaired) electrons. The van der Waals surface area contributed by atoms with Crippen molar-refractivity contribution in [3.8, 4) is 0 Å². The first-order valence-corrected chi connectivity index (χ1v) is 9.72. The Hall–Kier alpha value is -2.09. The number of allylic oxidation sites excluding steroid dienone is 3. The lowest BCUT2D eigenvalue weighted by Gasteiger charge is -2.29. The number of esters is 1. The molecule has 0 aromatic heterocycles. The predicted octanol–water partition coefficient (Wildman–Crippen LogP) is 6.35. The third kappa shape index (κ3) is 6.67. The lowest BCUT2D eigenvalue weighted by atomic mass is 9.83. The first-order valence-electron chi connectivity index (χ1n) is 9.72. The van der Waals surface area contributed by atoms with Gasteiger partial charge in [-0.15, -0.1) is 0 Å². The van der Waals surface area contributed by atoms with E-state index in [-0.39, 0.29) is 12.1 Å². The molecule has 2 atom stereocenters. The van der Waals surface area contributed by atoms with Crippen LogP contribution in [0.4, 0.5) is 0 Å². The molecule has 0 amide bonds. The topological polar surface area (TPSA) is 26.3 Å². The Morgan fingerprint density at radius 1 is 1.12 bits per heavy atom. The highest BCUT2D eigenvalue weighted by Gasteiger charge is 2.26. The van der Waals surface area contributed by atoms with Crippen LogP contribution < -0.4 is 0 Å². The van der Waals surface area contributed by atoms with Crippen LogP contribution in [-0.4, -0.2) is 12.1 Å². The van der Waals surface area contributed by atoms with Gasteiger partial charge in [0.2, 0.25) is 0 Å². The highest BCUT2D eigenvalue weighted by Crippen LogP contribution is 2.29. The Morgan fingerprint density at radius 3 is 2.54 bits per heavy atom. The number of carbonyl (C=O) groups is 1. The van der Waals surface area contributed by atoms with Crippen LogP contribution in [0.3, 0.4) is 0 Å². The van der Waals surface area contributed by atoms with E-state index in [1.807, 2.05) is 36.4 Å². The zero-order valence-corrected chi connectivity index (χ0v) is 16.6. The van der Waals surface area contributed by atoms with Crippen molar-refractivity contribution in [2.75, 3.05) is 0 Å². The number of rotatable bonds is 4. The quantitative estimate of drug-likeness (QED) is 0.358. The minimum Gasteiger partial charge on any atom is -0.455 e. The summed E-state index contributed by atoms with van der Waals surface area (Å²) in [6, 6.07) is 9.84. The summed E-state index contributed by atoms with van der Waals surface area (Å²) in [5.41, 5.74) is 3.74. The number of benzene rings is 1. The summed E-state index contributed by atoms with van der Waals surface area (Å²) >= 11 is 0. The summed E-state index contributed by atoms with van der Waals surface area (Å²) in [5.74, 6) is 0.528. The zero-order chi connectivity index (χ0) is 18.9. The average molecular weight is 353 g/mol. The van der Waals surface area contributed by atoms with Crippen molar-refractivity contribution < 1.29 is 9.53 Å². The largest absolute Gasteiger partial charge is 0.455 e. The molecule has 0 bridgehead atoms.